The molecular weight excluding hydrogens is 248 g/mol. The van der Waals surface area contributed by atoms with Gasteiger partial charge in [0.2, 0.25) is 11.8 Å². The smallest absolute Gasteiger partial charge is 0.242 e. The van der Waals surface area contributed by atoms with Crippen LogP contribution in [0, 0.1) is 16.7 Å². The third kappa shape index (κ3) is 1.18. The van der Waals surface area contributed by atoms with Gasteiger partial charge in [-0.2, -0.15) is 0 Å². The first-order chi connectivity index (χ1) is 8.39. The van der Waals surface area contributed by atoms with E-state index in [2.05, 4.69) is 4.98 Å². The molecule has 2 fully saturated rings. The van der Waals surface area contributed by atoms with Gasteiger partial charge in [0.15, 0.2) is 5.13 Å². The van der Waals surface area contributed by atoms with E-state index in [0.29, 0.717) is 5.13 Å². The number of thiazole rings is 1. The van der Waals surface area contributed by atoms with Gasteiger partial charge in [-0.15, -0.1) is 11.3 Å². The maximum absolute atomic E-state index is 12.7. The lowest BCUT2D eigenvalue weighted by atomic mass is 9.62. The Bertz CT molecular complexity index is 523. The highest BCUT2D eigenvalue weighted by atomic mass is 32.1. The van der Waals surface area contributed by atoms with Crippen molar-refractivity contribution in [1.29, 1.82) is 0 Å². The SMILES string of the molecule is CC1(C)[C@H]2CC[C@@]1(C)C(=O)N(c1nccs1)C2=O. The van der Waals surface area contributed by atoms with E-state index in [1.165, 1.54) is 16.2 Å². The Balaban J connectivity index is 2.12. The second-order valence-electron chi connectivity index (χ2n) is 5.94. The number of hydrogen-bond donors (Lipinski definition) is 0. The molecular formula is C13H16N2O2S. The fraction of sp³-hybridized carbons (Fsp3) is 0.615. The molecule has 3 rings (SSSR count). The van der Waals surface area contributed by atoms with Crippen LogP contribution in [0.25, 0.3) is 0 Å². The monoisotopic (exact) mass is 264 g/mol. The van der Waals surface area contributed by atoms with Crippen LogP contribution in [0.5, 0.6) is 0 Å². The van der Waals surface area contributed by atoms with Gasteiger partial charge in [0.05, 0.1) is 5.41 Å². The van der Waals surface area contributed by atoms with Crippen LogP contribution in [0.15, 0.2) is 11.6 Å². The Kier molecular flexibility index (Phi) is 2.24. The van der Waals surface area contributed by atoms with Crippen molar-refractivity contribution in [3.05, 3.63) is 11.6 Å². The van der Waals surface area contributed by atoms with E-state index in [0.717, 1.165) is 12.8 Å². The Hall–Kier alpha value is -1.23. The average Bonchev–Trinajstić information content (AvgIpc) is 2.85. The van der Waals surface area contributed by atoms with Gasteiger partial charge in [-0.25, -0.2) is 9.88 Å². The molecule has 5 heteroatoms. The van der Waals surface area contributed by atoms with Gasteiger partial charge in [0.25, 0.3) is 0 Å². The van der Waals surface area contributed by atoms with E-state index in [9.17, 15) is 9.59 Å². The van der Waals surface area contributed by atoms with Crippen molar-refractivity contribution in [2.45, 2.75) is 33.6 Å². The summed E-state index contributed by atoms with van der Waals surface area (Å²) in [5.74, 6) is -0.222. The standard InChI is InChI=1S/C13H16N2O2S/c1-12(2)8-4-5-13(12,3)10(17)15(9(8)16)11-14-6-7-18-11/h6-8H,4-5H2,1-3H3/t8-,13-/m0/s1. The van der Waals surface area contributed by atoms with Crippen LogP contribution >= 0.6 is 11.3 Å². The number of nitrogens with zero attached hydrogens (tertiary/aromatic N) is 2. The van der Waals surface area contributed by atoms with Crippen molar-refractivity contribution in [1.82, 2.24) is 4.98 Å². The summed E-state index contributed by atoms with van der Waals surface area (Å²) in [7, 11) is 0. The highest BCUT2D eigenvalue weighted by molar-refractivity contribution is 7.14. The minimum Gasteiger partial charge on any atom is -0.274 e. The van der Waals surface area contributed by atoms with Crippen molar-refractivity contribution in [3.8, 4) is 0 Å². The van der Waals surface area contributed by atoms with E-state index in [1.54, 1.807) is 11.6 Å². The van der Waals surface area contributed by atoms with Gasteiger partial charge in [0.1, 0.15) is 0 Å². The topological polar surface area (TPSA) is 50.3 Å². The number of carbonyl (C=O) groups is 2. The molecule has 96 valence electrons. The molecule has 1 saturated carbocycles. The lowest BCUT2D eigenvalue weighted by Gasteiger charge is -2.46. The van der Waals surface area contributed by atoms with Crippen LogP contribution in [0.3, 0.4) is 0 Å². The van der Waals surface area contributed by atoms with Crippen LogP contribution in [0.4, 0.5) is 5.13 Å². The summed E-state index contributed by atoms with van der Waals surface area (Å²) in [6, 6.07) is 0. The predicted molar refractivity (Wildman–Crippen MR) is 69.2 cm³/mol. The molecule has 2 heterocycles. The molecule has 18 heavy (non-hydrogen) atoms. The predicted octanol–water partition coefficient (Wildman–Crippen LogP) is 2.46. The van der Waals surface area contributed by atoms with Crippen LogP contribution in [-0.2, 0) is 9.59 Å². The Morgan fingerprint density at radius 3 is 2.72 bits per heavy atom. The largest absolute Gasteiger partial charge is 0.274 e. The Labute approximate surface area is 110 Å². The van der Waals surface area contributed by atoms with Gasteiger partial charge in [-0.1, -0.05) is 20.8 Å². The van der Waals surface area contributed by atoms with Gasteiger partial charge in [-0.3, -0.25) is 9.59 Å². The lowest BCUT2D eigenvalue weighted by molar-refractivity contribution is -0.146. The molecule has 1 saturated heterocycles. The van der Waals surface area contributed by atoms with Crippen LogP contribution < -0.4 is 4.90 Å². The molecule has 4 nitrogen and oxygen atoms in total. The minimum absolute atomic E-state index is 0.0656. The van der Waals surface area contributed by atoms with Crippen molar-refractivity contribution >= 4 is 28.3 Å². The zero-order chi connectivity index (χ0) is 13.1. The molecule has 1 aliphatic carbocycles. The fourth-order valence-corrected chi connectivity index (χ4v) is 3.97. The summed E-state index contributed by atoms with van der Waals surface area (Å²) in [6.07, 6.45) is 3.22. The Morgan fingerprint density at radius 1 is 1.39 bits per heavy atom. The number of hydrogen-bond acceptors (Lipinski definition) is 4. The van der Waals surface area contributed by atoms with Crippen molar-refractivity contribution in [2.24, 2.45) is 16.7 Å². The highest BCUT2D eigenvalue weighted by Gasteiger charge is 2.65. The molecule has 0 aromatic carbocycles. The zero-order valence-corrected chi connectivity index (χ0v) is 11.6. The lowest BCUT2D eigenvalue weighted by Crippen LogP contribution is -2.59. The summed E-state index contributed by atoms with van der Waals surface area (Å²) in [4.78, 5) is 30.7. The van der Waals surface area contributed by atoms with E-state index >= 15 is 0 Å². The molecule has 0 spiro atoms. The highest BCUT2D eigenvalue weighted by Crippen LogP contribution is 2.60. The van der Waals surface area contributed by atoms with Crippen molar-refractivity contribution in [2.75, 3.05) is 4.90 Å². The quantitative estimate of drug-likeness (QED) is 0.732. The van der Waals surface area contributed by atoms with E-state index in [4.69, 9.17) is 0 Å². The molecule has 2 atom stereocenters. The molecule has 0 radical (unpaired) electrons. The van der Waals surface area contributed by atoms with Gasteiger partial charge < -0.3 is 0 Å². The third-order valence-electron chi connectivity index (χ3n) is 5.03. The normalized spacial score (nSPS) is 34.2. The number of rotatable bonds is 1. The average molecular weight is 264 g/mol. The molecule has 0 unspecified atom stereocenters. The van der Waals surface area contributed by atoms with E-state index in [1.807, 2.05) is 20.8 Å². The number of imide groups is 1. The number of carbonyl (C=O) groups excluding carboxylic acids is 2. The second kappa shape index (κ2) is 3.41. The second-order valence-corrected chi connectivity index (χ2v) is 6.81. The van der Waals surface area contributed by atoms with Gasteiger partial charge in [-0.05, 0) is 18.3 Å². The van der Waals surface area contributed by atoms with Crippen LogP contribution in [-0.4, -0.2) is 16.8 Å². The van der Waals surface area contributed by atoms with Gasteiger partial charge >= 0.3 is 0 Å². The number of piperidine rings is 1. The Morgan fingerprint density at radius 2 is 2.11 bits per heavy atom. The molecule has 0 N–H and O–H groups in total. The minimum atomic E-state index is -0.447. The fourth-order valence-electron chi connectivity index (χ4n) is 3.33. The summed E-state index contributed by atoms with van der Waals surface area (Å²) in [6.45, 7) is 6.07. The first kappa shape index (κ1) is 11.8. The summed E-state index contributed by atoms with van der Waals surface area (Å²) >= 11 is 1.34. The maximum Gasteiger partial charge on any atom is 0.242 e. The molecule has 2 bridgehead atoms. The van der Waals surface area contributed by atoms with Crippen LogP contribution in [0.1, 0.15) is 33.6 Å². The first-order valence-corrected chi connectivity index (χ1v) is 7.05. The van der Waals surface area contributed by atoms with Crippen molar-refractivity contribution in [3.63, 3.8) is 0 Å². The number of fused-ring (bicyclic) bond motifs is 2. The summed E-state index contributed by atoms with van der Waals surface area (Å²) < 4.78 is 0. The molecule has 1 aromatic rings. The first-order valence-electron chi connectivity index (χ1n) is 6.17. The summed E-state index contributed by atoms with van der Waals surface area (Å²) in [5.41, 5.74) is -0.702. The number of aromatic nitrogens is 1. The third-order valence-corrected chi connectivity index (χ3v) is 5.79. The molecule has 1 aromatic heterocycles. The number of amides is 2. The van der Waals surface area contributed by atoms with Crippen molar-refractivity contribution < 1.29 is 9.59 Å². The van der Waals surface area contributed by atoms with Gasteiger partial charge in [0, 0.05) is 17.5 Å². The van der Waals surface area contributed by atoms with E-state index < -0.39 is 5.41 Å². The summed E-state index contributed by atoms with van der Waals surface area (Å²) in [5, 5.41) is 2.30. The molecule has 1 aliphatic heterocycles. The maximum atomic E-state index is 12.7. The van der Waals surface area contributed by atoms with Crippen LogP contribution in [0.2, 0.25) is 0 Å². The zero-order valence-electron chi connectivity index (χ0n) is 10.8. The number of anilines is 1. The molecule has 2 amide bonds. The van der Waals surface area contributed by atoms with E-state index in [-0.39, 0.29) is 23.1 Å². The molecule has 2 aliphatic rings.